The summed E-state index contributed by atoms with van der Waals surface area (Å²) in [5.74, 6) is -2.70. The number of Topliss-reactive ketones (excluding diaryl/α,β-unsaturated/α-hetero) is 1. The highest BCUT2D eigenvalue weighted by molar-refractivity contribution is 5.99. The van der Waals surface area contributed by atoms with Crippen LogP contribution in [0.4, 0.5) is 0 Å². The van der Waals surface area contributed by atoms with E-state index in [9.17, 15) is 24.3 Å². The molecule has 0 fully saturated rings. The molecule has 140 valence electrons. The van der Waals surface area contributed by atoms with Gasteiger partial charge in [0.15, 0.2) is 5.78 Å². The molecule has 1 aromatic heterocycles. The van der Waals surface area contributed by atoms with Crippen molar-refractivity contribution in [2.75, 3.05) is 13.2 Å². The van der Waals surface area contributed by atoms with Gasteiger partial charge >= 0.3 is 17.6 Å². The second-order valence-corrected chi connectivity index (χ2v) is 5.06. The highest BCUT2D eigenvalue weighted by Crippen LogP contribution is 2.16. The molecule has 26 heavy (non-hydrogen) atoms. The molecule has 1 heterocycles. The van der Waals surface area contributed by atoms with Crippen molar-refractivity contribution in [2.24, 2.45) is 0 Å². The Morgan fingerprint density at radius 2 is 1.73 bits per heavy atom. The zero-order valence-electron chi connectivity index (χ0n) is 15.0. The number of hydrogen-bond acceptors (Lipinski definition) is 8. The zero-order valence-corrected chi connectivity index (χ0v) is 15.0. The Labute approximate surface area is 149 Å². The summed E-state index contributed by atoms with van der Waals surface area (Å²) in [6.45, 7) is 5.80. The van der Waals surface area contributed by atoms with Gasteiger partial charge in [0.05, 0.1) is 18.8 Å². The Balaban J connectivity index is 3.46. The lowest BCUT2D eigenvalue weighted by Gasteiger charge is -2.07. The molecule has 0 aliphatic heterocycles. The van der Waals surface area contributed by atoms with Crippen LogP contribution < -0.4 is 5.63 Å². The van der Waals surface area contributed by atoms with Crippen LogP contribution in [0.5, 0.6) is 0 Å². The maximum Gasteiger partial charge on any atom is 0.347 e. The average molecular weight is 364 g/mol. The number of hydrogen-bond donors (Lipinski definition) is 1. The molecule has 1 rings (SSSR count). The number of allylic oxidation sites excluding steroid dienone is 1. The summed E-state index contributed by atoms with van der Waals surface area (Å²) in [5, 5.41) is 9.62. The van der Waals surface area contributed by atoms with Crippen molar-refractivity contribution in [1.29, 1.82) is 0 Å². The number of esters is 2. The van der Waals surface area contributed by atoms with Crippen molar-refractivity contribution in [3.63, 3.8) is 0 Å². The van der Waals surface area contributed by atoms with Gasteiger partial charge in [0.2, 0.25) is 0 Å². The third-order valence-corrected chi connectivity index (χ3v) is 3.14. The molecule has 0 radical (unpaired) electrons. The molecule has 1 aromatic rings. The molecule has 0 aliphatic rings. The summed E-state index contributed by atoms with van der Waals surface area (Å²) < 4.78 is 14.7. The van der Waals surface area contributed by atoms with Crippen LogP contribution in [0.1, 0.15) is 54.2 Å². The van der Waals surface area contributed by atoms with Crippen LogP contribution in [-0.4, -0.2) is 36.0 Å². The minimum absolute atomic E-state index is 0.0697. The van der Waals surface area contributed by atoms with Gasteiger partial charge in [0.25, 0.3) is 0 Å². The molecule has 0 atom stereocenters. The van der Waals surface area contributed by atoms with Gasteiger partial charge in [-0.15, -0.1) is 0 Å². The molecule has 0 aromatic carbocycles. The second-order valence-electron chi connectivity index (χ2n) is 5.06. The number of aliphatic hydroxyl groups excluding tert-OH is 1. The highest BCUT2D eigenvalue weighted by Gasteiger charge is 2.20. The highest BCUT2D eigenvalue weighted by atomic mass is 16.5. The molecule has 0 saturated carbocycles. The molecule has 0 aliphatic carbocycles. The smallest absolute Gasteiger partial charge is 0.347 e. The molecule has 8 nitrogen and oxygen atoms in total. The molecular weight excluding hydrogens is 344 g/mol. The molecule has 0 amide bonds. The standard InChI is InChI=1S/C18H20O8/c1-5-24-16(21)12(10(3)19)7-8-15-14(17(22)25-6-2)9-13(11(4)20)18(23)26-15/h7-9,19H,5-6H2,1-4H3/b8-7+,12-10+. The van der Waals surface area contributed by atoms with Gasteiger partial charge in [-0.05, 0) is 45.9 Å². The van der Waals surface area contributed by atoms with Crippen molar-refractivity contribution in [2.45, 2.75) is 27.7 Å². The topological polar surface area (TPSA) is 120 Å². The second kappa shape index (κ2) is 9.36. The predicted octanol–water partition coefficient (Wildman–Crippen LogP) is 2.43. The lowest BCUT2D eigenvalue weighted by Crippen LogP contribution is -2.17. The van der Waals surface area contributed by atoms with Crippen LogP contribution >= 0.6 is 0 Å². The van der Waals surface area contributed by atoms with E-state index in [1.54, 1.807) is 13.8 Å². The first-order valence-electron chi connectivity index (χ1n) is 7.84. The minimum Gasteiger partial charge on any atom is -0.512 e. The fourth-order valence-corrected chi connectivity index (χ4v) is 1.93. The van der Waals surface area contributed by atoms with Gasteiger partial charge in [-0.1, -0.05) is 0 Å². The van der Waals surface area contributed by atoms with Gasteiger partial charge < -0.3 is 19.0 Å². The van der Waals surface area contributed by atoms with E-state index in [4.69, 9.17) is 13.9 Å². The lowest BCUT2D eigenvalue weighted by atomic mass is 10.1. The quantitative estimate of drug-likeness (QED) is 0.257. The number of carbonyl (C=O) groups excluding carboxylic acids is 3. The van der Waals surface area contributed by atoms with E-state index in [-0.39, 0.29) is 41.4 Å². The first-order valence-corrected chi connectivity index (χ1v) is 7.84. The Kier molecular flexibility index (Phi) is 7.52. The summed E-state index contributed by atoms with van der Waals surface area (Å²) in [7, 11) is 0. The number of aliphatic hydroxyl groups is 1. The molecule has 1 N–H and O–H groups in total. The SMILES string of the molecule is CCOC(=O)C(/C=C/c1oc(=O)c(C(C)=O)cc1C(=O)OCC)=C(\C)O. The van der Waals surface area contributed by atoms with E-state index in [0.29, 0.717) is 0 Å². The Morgan fingerprint density at radius 3 is 2.23 bits per heavy atom. The van der Waals surface area contributed by atoms with Crippen molar-refractivity contribution in [1.82, 2.24) is 0 Å². The largest absolute Gasteiger partial charge is 0.512 e. The van der Waals surface area contributed by atoms with E-state index in [1.807, 2.05) is 0 Å². The van der Waals surface area contributed by atoms with Crippen molar-refractivity contribution < 1.29 is 33.4 Å². The van der Waals surface area contributed by atoms with Crippen LogP contribution in [0, 0.1) is 0 Å². The Hall–Kier alpha value is -3.16. The van der Waals surface area contributed by atoms with E-state index in [1.165, 1.54) is 6.92 Å². The number of rotatable bonds is 7. The van der Waals surface area contributed by atoms with Gasteiger partial charge in [-0.2, -0.15) is 0 Å². The maximum absolute atomic E-state index is 12.1. The molecular formula is C18H20O8. The molecule has 0 spiro atoms. The Bertz CT molecular complexity index is 822. The molecule has 0 unspecified atom stereocenters. The summed E-state index contributed by atoms with van der Waals surface area (Å²) in [4.78, 5) is 47.3. The molecule has 0 bridgehead atoms. The van der Waals surface area contributed by atoms with Gasteiger partial charge in [-0.3, -0.25) is 4.79 Å². The summed E-state index contributed by atoms with van der Waals surface area (Å²) in [6.07, 6.45) is 2.28. The van der Waals surface area contributed by atoms with Crippen molar-refractivity contribution in [3.05, 3.63) is 50.8 Å². The van der Waals surface area contributed by atoms with E-state index in [2.05, 4.69) is 0 Å². The van der Waals surface area contributed by atoms with Gasteiger partial charge in [0.1, 0.15) is 22.6 Å². The monoisotopic (exact) mass is 364 g/mol. The average Bonchev–Trinajstić information content (AvgIpc) is 2.54. The number of carbonyl (C=O) groups is 3. The van der Waals surface area contributed by atoms with E-state index < -0.39 is 23.3 Å². The zero-order chi connectivity index (χ0) is 19.9. The fourth-order valence-electron chi connectivity index (χ4n) is 1.93. The summed E-state index contributed by atoms with van der Waals surface area (Å²) in [6, 6.07) is 1.07. The van der Waals surface area contributed by atoms with Crippen molar-refractivity contribution >= 4 is 23.8 Å². The van der Waals surface area contributed by atoms with Crippen LogP contribution in [-0.2, 0) is 14.3 Å². The predicted molar refractivity (Wildman–Crippen MR) is 91.9 cm³/mol. The lowest BCUT2D eigenvalue weighted by molar-refractivity contribution is -0.138. The number of ether oxygens (including phenoxy) is 2. The van der Waals surface area contributed by atoms with Crippen LogP contribution in [0.3, 0.4) is 0 Å². The van der Waals surface area contributed by atoms with E-state index >= 15 is 0 Å². The van der Waals surface area contributed by atoms with Gasteiger partial charge in [-0.25, -0.2) is 14.4 Å². The van der Waals surface area contributed by atoms with Crippen LogP contribution in [0.15, 0.2) is 32.7 Å². The summed E-state index contributed by atoms with van der Waals surface area (Å²) in [5.41, 5.74) is -1.58. The first kappa shape index (κ1) is 20.9. The molecule has 8 heteroatoms. The third kappa shape index (κ3) is 5.17. The van der Waals surface area contributed by atoms with Crippen LogP contribution in [0.2, 0.25) is 0 Å². The summed E-state index contributed by atoms with van der Waals surface area (Å²) >= 11 is 0. The number of ketones is 1. The van der Waals surface area contributed by atoms with Crippen LogP contribution in [0.25, 0.3) is 6.08 Å². The van der Waals surface area contributed by atoms with E-state index in [0.717, 1.165) is 25.1 Å². The third-order valence-electron chi connectivity index (χ3n) is 3.14. The normalized spacial score (nSPS) is 11.8. The molecule has 0 saturated heterocycles. The maximum atomic E-state index is 12.1. The minimum atomic E-state index is -0.937. The van der Waals surface area contributed by atoms with Gasteiger partial charge in [0, 0.05) is 0 Å². The fraction of sp³-hybridized carbons (Fsp3) is 0.333. The first-order chi connectivity index (χ1) is 12.2. The Morgan fingerprint density at radius 1 is 1.12 bits per heavy atom. The van der Waals surface area contributed by atoms with Crippen molar-refractivity contribution in [3.8, 4) is 0 Å².